The highest BCUT2D eigenvalue weighted by molar-refractivity contribution is 7.13. The molecule has 0 aromatic carbocycles. The van der Waals surface area contributed by atoms with Crippen LogP contribution in [0.5, 0.6) is 0 Å². The number of hydrogen-bond donors (Lipinski definition) is 2. The summed E-state index contributed by atoms with van der Waals surface area (Å²) in [5.74, 6) is 0.543. The molecule has 2 aromatic heterocycles. The number of aryl methyl sites for hydroxylation is 1. The van der Waals surface area contributed by atoms with Crippen LogP contribution in [0.3, 0.4) is 0 Å². The van der Waals surface area contributed by atoms with E-state index in [0.717, 1.165) is 31.6 Å². The molecule has 2 heterocycles. The van der Waals surface area contributed by atoms with E-state index in [2.05, 4.69) is 41.0 Å². The van der Waals surface area contributed by atoms with Crippen molar-refractivity contribution in [3.63, 3.8) is 0 Å². The van der Waals surface area contributed by atoms with Crippen molar-refractivity contribution in [2.24, 2.45) is 13.0 Å². The first kappa shape index (κ1) is 15.2. The van der Waals surface area contributed by atoms with Gasteiger partial charge in [-0.15, -0.1) is 11.3 Å². The molecule has 1 unspecified atom stereocenters. The van der Waals surface area contributed by atoms with Gasteiger partial charge in [-0.3, -0.25) is 4.68 Å². The molecule has 0 aliphatic rings. The third-order valence-corrected chi connectivity index (χ3v) is 4.40. The number of aromatic nitrogens is 2. The van der Waals surface area contributed by atoms with Crippen LogP contribution < -0.4 is 5.32 Å². The van der Waals surface area contributed by atoms with Crippen LogP contribution in [-0.2, 0) is 13.6 Å². The monoisotopic (exact) mass is 293 g/mol. The molecule has 20 heavy (non-hydrogen) atoms. The minimum atomic E-state index is 0.271. The summed E-state index contributed by atoms with van der Waals surface area (Å²) in [4.78, 5) is 1.21. The summed E-state index contributed by atoms with van der Waals surface area (Å²) in [5, 5.41) is 19.1. The second kappa shape index (κ2) is 7.57. The number of rotatable bonds is 8. The van der Waals surface area contributed by atoms with Gasteiger partial charge in [0.1, 0.15) is 5.69 Å². The number of hydrogen-bond acceptors (Lipinski definition) is 4. The van der Waals surface area contributed by atoms with Gasteiger partial charge in [0.2, 0.25) is 0 Å². The molecule has 110 valence electrons. The second-order valence-electron chi connectivity index (χ2n) is 5.07. The van der Waals surface area contributed by atoms with E-state index in [0.29, 0.717) is 5.92 Å². The predicted octanol–water partition coefficient (Wildman–Crippen LogP) is 2.65. The fraction of sp³-hybridized carbons (Fsp3) is 0.533. The molecule has 0 bridgehead atoms. The van der Waals surface area contributed by atoms with Gasteiger partial charge in [0.25, 0.3) is 0 Å². The van der Waals surface area contributed by atoms with E-state index in [-0.39, 0.29) is 6.61 Å². The van der Waals surface area contributed by atoms with E-state index in [1.807, 2.05) is 11.7 Å². The number of aliphatic hydroxyl groups excluding tert-OH is 1. The first-order valence-electron chi connectivity index (χ1n) is 7.12. The number of nitrogens with one attached hydrogen (secondary N) is 1. The molecule has 0 amide bonds. The van der Waals surface area contributed by atoms with Crippen molar-refractivity contribution < 1.29 is 5.11 Å². The summed E-state index contributed by atoms with van der Waals surface area (Å²) >= 11 is 1.72. The highest BCUT2D eigenvalue weighted by atomic mass is 32.1. The standard InChI is InChI=1S/C15H23N3OS/c1-3-12(6-7-19)9-16-10-13-11-18(2)17-15(13)14-5-4-8-20-14/h4-5,8,11-12,16,19H,3,6-7,9-10H2,1-2H3. The number of thiophene rings is 1. The lowest BCUT2D eigenvalue weighted by Gasteiger charge is -2.14. The quantitative estimate of drug-likeness (QED) is 0.786. The summed E-state index contributed by atoms with van der Waals surface area (Å²) in [6.45, 7) is 4.20. The minimum Gasteiger partial charge on any atom is -0.396 e. The Hall–Kier alpha value is -1.17. The smallest absolute Gasteiger partial charge is 0.107 e. The topological polar surface area (TPSA) is 50.1 Å². The Kier molecular flexibility index (Phi) is 5.76. The van der Waals surface area contributed by atoms with Crippen LogP contribution in [0.4, 0.5) is 0 Å². The van der Waals surface area contributed by atoms with E-state index < -0.39 is 0 Å². The van der Waals surface area contributed by atoms with Gasteiger partial charge in [0.15, 0.2) is 0 Å². The molecule has 5 heteroatoms. The van der Waals surface area contributed by atoms with Crippen molar-refractivity contribution in [1.29, 1.82) is 0 Å². The number of nitrogens with zero attached hydrogens (tertiary/aromatic N) is 2. The zero-order chi connectivity index (χ0) is 14.4. The van der Waals surface area contributed by atoms with Gasteiger partial charge in [-0.1, -0.05) is 19.4 Å². The molecular formula is C15H23N3OS. The highest BCUT2D eigenvalue weighted by Gasteiger charge is 2.11. The lowest BCUT2D eigenvalue weighted by molar-refractivity contribution is 0.251. The fourth-order valence-corrected chi connectivity index (χ4v) is 3.08. The van der Waals surface area contributed by atoms with Crippen molar-refractivity contribution in [3.05, 3.63) is 29.3 Å². The molecule has 2 N–H and O–H groups in total. The summed E-state index contributed by atoms with van der Waals surface area (Å²) in [6.07, 6.45) is 4.04. The Morgan fingerprint density at radius 3 is 3.00 bits per heavy atom. The molecule has 0 fully saturated rings. The molecule has 0 saturated carbocycles. The highest BCUT2D eigenvalue weighted by Crippen LogP contribution is 2.26. The van der Waals surface area contributed by atoms with Crippen molar-refractivity contribution >= 4 is 11.3 Å². The van der Waals surface area contributed by atoms with Crippen LogP contribution in [-0.4, -0.2) is 28.0 Å². The summed E-state index contributed by atoms with van der Waals surface area (Å²) < 4.78 is 1.87. The van der Waals surface area contributed by atoms with Crippen LogP contribution in [0.2, 0.25) is 0 Å². The second-order valence-corrected chi connectivity index (χ2v) is 6.02. The zero-order valence-electron chi connectivity index (χ0n) is 12.2. The SMILES string of the molecule is CCC(CCO)CNCc1cn(C)nc1-c1cccs1. The lowest BCUT2D eigenvalue weighted by atomic mass is 10.0. The van der Waals surface area contributed by atoms with Gasteiger partial charge in [0, 0.05) is 32.0 Å². The Morgan fingerprint density at radius 1 is 1.50 bits per heavy atom. The van der Waals surface area contributed by atoms with Crippen LogP contribution in [0, 0.1) is 5.92 Å². The Morgan fingerprint density at radius 2 is 2.35 bits per heavy atom. The van der Waals surface area contributed by atoms with E-state index >= 15 is 0 Å². The summed E-state index contributed by atoms with van der Waals surface area (Å²) in [7, 11) is 1.96. The van der Waals surface area contributed by atoms with Gasteiger partial charge in [-0.25, -0.2) is 0 Å². The minimum absolute atomic E-state index is 0.271. The molecule has 1 atom stereocenters. The van der Waals surface area contributed by atoms with Crippen LogP contribution in [0.15, 0.2) is 23.7 Å². The van der Waals surface area contributed by atoms with Crippen LogP contribution in [0.25, 0.3) is 10.6 Å². The first-order valence-corrected chi connectivity index (χ1v) is 8.00. The molecule has 0 saturated heterocycles. The first-order chi connectivity index (χ1) is 9.74. The molecule has 0 aliphatic carbocycles. The van der Waals surface area contributed by atoms with Crippen molar-refractivity contribution in [1.82, 2.24) is 15.1 Å². The van der Waals surface area contributed by atoms with Crippen LogP contribution in [0.1, 0.15) is 25.3 Å². The zero-order valence-corrected chi connectivity index (χ0v) is 13.0. The molecule has 2 aromatic rings. The third kappa shape index (κ3) is 3.91. The van der Waals surface area contributed by atoms with Gasteiger partial charge in [0.05, 0.1) is 4.88 Å². The van der Waals surface area contributed by atoms with Gasteiger partial charge >= 0.3 is 0 Å². The molecule has 0 aliphatic heterocycles. The number of aliphatic hydroxyl groups is 1. The van der Waals surface area contributed by atoms with Crippen molar-refractivity contribution in [2.75, 3.05) is 13.2 Å². The molecular weight excluding hydrogens is 270 g/mol. The summed E-state index contributed by atoms with van der Waals surface area (Å²) in [5.41, 5.74) is 2.30. The van der Waals surface area contributed by atoms with Gasteiger partial charge in [-0.05, 0) is 30.3 Å². The Balaban J connectivity index is 1.96. The van der Waals surface area contributed by atoms with Crippen LogP contribution >= 0.6 is 11.3 Å². The Bertz CT molecular complexity index is 507. The van der Waals surface area contributed by atoms with E-state index in [4.69, 9.17) is 5.11 Å². The van der Waals surface area contributed by atoms with Crippen molar-refractivity contribution in [3.8, 4) is 10.6 Å². The fourth-order valence-electron chi connectivity index (χ4n) is 2.33. The van der Waals surface area contributed by atoms with E-state index in [1.165, 1.54) is 10.4 Å². The van der Waals surface area contributed by atoms with E-state index in [9.17, 15) is 0 Å². The molecule has 0 spiro atoms. The maximum Gasteiger partial charge on any atom is 0.107 e. The lowest BCUT2D eigenvalue weighted by Crippen LogP contribution is -2.23. The average Bonchev–Trinajstić information content (AvgIpc) is 3.07. The van der Waals surface area contributed by atoms with Crippen molar-refractivity contribution in [2.45, 2.75) is 26.3 Å². The molecule has 2 rings (SSSR count). The summed E-state index contributed by atoms with van der Waals surface area (Å²) in [6, 6.07) is 4.16. The van der Waals surface area contributed by atoms with Gasteiger partial charge < -0.3 is 10.4 Å². The third-order valence-electron chi connectivity index (χ3n) is 3.52. The molecule has 0 radical (unpaired) electrons. The predicted molar refractivity (Wildman–Crippen MR) is 83.7 cm³/mol. The Labute approximate surface area is 124 Å². The normalized spacial score (nSPS) is 12.8. The largest absolute Gasteiger partial charge is 0.396 e. The van der Waals surface area contributed by atoms with Gasteiger partial charge in [-0.2, -0.15) is 5.10 Å². The van der Waals surface area contributed by atoms with E-state index in [1.54, 1.807) is 11.3 Å². The average molecular weight is 293 g/mol. The maximum atomic E-state index is 9.02. The molecule has 4 nitrogen and oxygen atoms in total. The maximum absolute atomic E-state index is 9.02.